The number of aliphatic hydroxyl groups excluding tert-OH is 2. The molecule has 4 aliphatic rings. The number of thiophene rings is 1. The Morgan fingerprint density at radius 3 is 2.40 bits per heavy atom. The smallest absolute Gasteiger partial charge is 0.274 e. The Labute approximate surface area is 256 Å². The van der Waals surface area contributed by atoms with Gasteiger partial charge < -0.3 is 30.7 Å². The number of anilines is 1. The average molecular weight is 665 g/mol. The van der Waals surface area contributed by atoms with Crippen molar-refractivity contribution in [1.29, 1.82) is 0 Å². The molecule has 2 heterocycles. The van der Waals surface area contributed by atoms with E-state index in [-0.39, 0.29) is 37.0 Å². The van der Waals surface area contributed by atoms with Gasteiger partial charge in [0.15, 0.2) is 12.0 Å². The molecule has 2 aromatic rings. The number of carbonyl (C=O) groups is 3. The molecule has 0 saturated heterocycles. The maximum Gasteiger partial charge on any atom is 0.274 e. The zero-order valence-corrected chi connectivity index (χ0v) is 25.8. The van der Waals surface area contributed by atoms with E-state index in [0.717, 1.165) is 11.8 Å². The Kier molecular flexibility index (Phi) is 9.83. The number of rotatable bonds is 13. The second-order valence-electron chi connectivity index (χ2n) is 11.8. The Hall–Kier alpha value is -2.58. The number of aliphatic hydroxyl groups is 2. The molecule has 0 radical (unpaired) electrons. The number of aromatic nitrogens is 1. The van der Waals surface area contributed by atoms with Gasteiger partial charge in [0.25, 0.3) is 11.5 Å². The largest absolute Gasteiger partial charge is 0.372 e. The molecule has 228 valence electrons. The van der Waals surface area contributed by atoms with E-state index < -0.39 is 35.7 Å². The van der Waals surface area contributed by atoms with E-state index in [1.54, 1.807) is 17.5 Å². The lowest BCUT2D eigenvalue weighted by Gasteiger charge is -2.54. The highest BCUT2D eigenvalue weighted by Crippen LogP contribution is 2.53. The van der Waals surface area contributed by atoms with Gasteiger partial charge in [0.2, 0.25) is 5.91 Å². The lowest BCUT2D eigenvalue weighted by Crippen LogP contribution is -2.56. The Bertz CT molecular complexity index is 1340. The highest BCUT2D eigenvalue weighted by molar-refractivity contribution is 9.10. The molecule has 0 spiro atoms. The minimum atomic E-state index is -1.45. The summed E-state index contributed by atoms with van der Waals surface area (Å²) >= 11 is 4.53. The summed E-state index contributed by atoms with van der Waals surface area (Å²) in [6, 6.07) is 4.01. The molecular weight excluding hydrogens is 626 g/mol. The molecule has 42 heavy (non-hydrogen) atoms. The van der Waals surface area contributed by atoms with Gasteiger partial charge in [0, 0.05) is 23.1 Å². The van der Waals surface area contributed by atoms with Crippen molar-refractivity contribution in [3.05, 3.63) is 49.5 Å². The highest BCUT2D eigenvalue weighted by Gasteiger charge is 2.48. The van der Waals surface area contributed by atoms with Crippen molar-refractivity contribution >= 4 is 50.6 Å². The molecule has 11 nitrogen and oxygen atoms in total. The topological polar surface area (TPSA) is 162 Å². The summed E-state index contributed by atoms with van der Waals surface area (Å²) in [5, 5.41) is 33.7. The Balaban J connectivity index is 1.24. The van der Waals surface area contributed by atoms with E-state index in [0.29, 0.717) is 21.2 Å². The van der Waals surface area contributed by atoms with Gasteiger partial charge in [-0.15, -0.1) is 11.3 Å². The first kappa shape index (κ1) is 30.9. The number of hydrogen-bond acceptors (Lipinski definition) is 9. The number of pyridine rings is 1. The summed E-state index contributed by atoms with van der Waals surface area (Å²) in [5.41, 5.74) is -0.449. The van der Waals surface area contributed by atoms with Crippen molar-refractivity contribution in [2.75, 3.05) is 12.4 Å². The number of amides is 2. The van der Waals surface area contributed by atoms with Gasteiger partial charge in [-0.3, -0.25) is 24.5 Å². The fraction of sp³-hybridized carbons (Fsp3) is 0.586. The average Bonchev–Trinajstić information content (AvgIpc) is 3.39. The third kappa shape index (κ3) is 6.96. The van der Waals surface area contributed by atoms with E-state index in [9.17, 15) is 29.4 Å². The summed E-state index contributed by atoms with van der Waals surface area (Å²) < 4.78 is 1.88. The molecule has 2 amide bonds. The van der Waals surface area contributed by atoms with Gasteiger partial charge in [-0.2, -0.15) is 0 Å². The number of carbonyl (C=O) groups excluding carboxylic acids is 3. The van der Waals surface area contributed by atoms with Crippen LogP contribution in [0.1, 0.15) is 54.6 Å². The number of hydrogen-bond donors (Lipinski definition) is 6. The fourth-order valence-electron chi connectivity index (χ4n) is 7.17. The molecule has 2 aromatic heterocycles. The molecule has 2 unspecified atom stereocenters. The van der Waals surface area contributed by atoms with Crippen molar-refractivity contribution in [2.45, 2.75) is 76.0 Å². The molecule has 4 aliphatic carbocycles. The summed E-state index contributed by atoms with van der Waals surface area (Å²) in [4.78, 5) is 51.8. The van der Waals surface area contributed by atoms with Crippen LogP contribution in [0.15, 0.2) is 39.0 Å². The predicted octanol–water partition coefficient (Wildman–Crippen LogP) is 2.03. The second kappa shape index (κ2) is 13.4. The minimum Gasteiger partial charge on any atom is -0.372 e. The standard InChI is InChI=1S/C29H38BrN5O6S/c1-31-27(39)22(36)5-4-20(32-28(40)25-19(30)6-8-42-25)26(38)33-21-3-2-7-35(29(21)41)14-23(37)34-24-17-10-15-9-16(12-17)13-18(24)11-15/h2-3,6-8,15-18,20,24,26-27,31,33,38-39H,4-5,9-14H2,1H3,(H,32,40)(H,34,37)/t15?,16?,17?,18?,20-,24?,26?,27?/m0/s1. The normalized spacial score (nSPS) is 26.3. The number of ketones is 1. The minimum absolute atomic E-state index is 0.00462. The van der Waals surface area contributed by atoms with Crippen LogP contribution in [0, 0.1) is 23.7 Å². The van der Waals surface area contributed by atoms with E-state index in [1.165, 1.54) is 67.3 Å². The van der Waals surface area contributed by atoms with Crippen LogP contribution >= 0.6 is 27.3 Å². The van der Waals surface area contributed by atoms with E-state index >= 15 is 0 Å². The SMILES string of the molecule is CNC(O)C(=O)CC[C@H](NC(=O)c1sccc1Br)C(O)Nc1cccn(CC(=O)NC2C3CC4CC(C3)CC2C4)c1=O. The fourth-order valence-corrected chi connectivity index (χ4v) is 8.63. The number of halogens is 1. The van der Waals surface area contributed by atoms with Crippen molar-refractivity contribution in [3.8, 4) is 0 Å². The molecular formula is C29H38BrN5O6S. The van der Waals surface area contributed by atoms with E-state index in [2.05, 4.69) is 37.2 Å². The van der Waals surface area contributed by atoms with Crippen molar-refractivity contribution in [1.82, 2.24) is 20.5 Å². The quantitative estimate of drug-likeness (QED) is 0.177. The molecule has 6 N–H and O–H groups in total. The van der Waals surface area contributed by atoms with Gasteiger partial charge in [-0.1, -0.05) is 0 Å². The van der Waals surface area contributed by atoms with Crippen LogP contribution in [0.4, 0.5) is 5.69 Å². The Morgan fingerprint density at radius 2 is 1.79 bits per heavy atom. The number of nitrogens with one attached hydrogen (secondary N) is 4. The summed E-state index contributed by atoms with van der Waals surface area (Å²) in [6.07, 6.45) is 4.61. The van der Waals surface area contributed by atoms with Gasteiger partial charge in [-0.25, -0.2) is 0 Å². The lowest BCUT2D eigenvalue weighted by atomic mass is 9.54. The van der Waals surface area contributed by atoms with Gasteiger partial charge in [0.05, 0.1) is 6.04 Å². The molecule has 4 fully saturated rings. The van der Waals surface area contributed by atoms with Crippen LogP contribution in [0.5, 0.6) is 0 Å². The predicted molar refractivity (Wildman–Crippen MR) is 162 cm³/mol. The maximum atomic E-state index is 13.3. The first-order valence-electron chi connectivity index (χ1n) is 14.5. The number of nitrogens with zero attached hydrogens (tertiary/aromatic N) is 1. The highest BCUT2D eigenvalue weighted by atomic mass is 79.9. The molecule has 3 atom stereocenters. The van der Waals surface area contributed by atoms with Gasteiger partial charge in [0.1, 0.15) is 23.3 Å². The summed E-state index contributed by atoms with van der Waals surface area (Å²) in [7, 11) is 1.44. The summed E-state index contributed by atoms with van der Waals surface area (Å²) in [5.74, 6) is 1.46. The van der Waals surface area contributed by atoms with E-state index in [1.807, 2.05) is 0 Å². The number of likely N-dealkylation sites (N-methyl/N-ethyl adjacent to an activating group) is 1. The third-order valence-electron chi connectivity index (χ3n) is 8.99. The van der Waals surface area contributed by atoms with Crippen molar-refractivity contribution < 1.29 is 24.6 Å². The second-order valence-corrected chi connectivity index (χ2v) is 13.6. The first-order valence-corrected chi connectivity index (χ1v) is 16.2. The number of Topliss-reactive ketones (excluding diaryl/α,β-unsaturated/α-hetero) is 1. The summed E-state index contributed by atoms with van der Waals surface area (Å²) in [6.45, 7) is -0.143. The molecule has 0 aromatic carbocycles. The van der Waals surface area contributed by atoms with Gasteiger partial charge in [-0.05, 0) is 109 Å². The van der Waals surface area contributed by atoms with Crippen LogP contribution in [-0.2, 0) is 16.1 Å². The molecule has 4 bridgehead atoms. The molecule has 6 rings (SSSR count). The first-order chi connectivity index (χ1) is 20.1. The van der Waals surface area contributed by atoms with Crippen LogP contribution in [-0.4, -0.2) is 64.0 Å². The molecule has 4 saturated carbocycles. The molecule has 0 aliphatic heterocycles. The monoisotopic (exact) mass is 663 g/mol. The van der Waals surface area contributed by atoms with Crippen molar-refractivity contribution in [3.63, 3.8) is 0 Å². The van der Waals surface area contributed by atoms with Crippen LogP contribution < -0.4 is 26.8 Å². The van der Waals surface area contributed by atoms with Crippen LogP contribution in [0.2, 0.25) is 0 Å². The Morgan fingerprint density at radius 1 is 1.10 bits per heavy atom. The zero-order chi connectivity index (χ0) is 30.0. The van der Waals surface area contributed by atoms with Crippen molar-refractivity contribution in [2.24, 2.45) is 23.7 Å². The van der Waals surface area contributed by atoms with E-state index in [4.69, 9.17) is 0 Å². The van der Waals surface area contributed by atoms with Crippen LogP contribution in [0.3, 0.4) is 0 Å². The third-order valence-corrected chi connectivity index (χ3v) is 10.8. The zero-order valence-electron chi connectivity index (χ0n) is 23.4. The maximum absolute atomic E-state index is 13.3. The van der Waals surface area contributed by atoms with Crippen LogP contribution in [0.25, 0.3) is 0 Å². The molecule has 13 heteroatoms. The van der Waals surface area contributed by atoms with Gasteiger partial charge >= 0.3 is 0 Å². The lowest BCUT2D eigenvalue weighted by molar-refractivity contribution is -0.128.